The fourth-order valence-electron chi connectivity index (χ4n) is 2.12. The van der Waals surface area contributed by atoms with E-state index in [9.17, 15) is 14.0 Å². The lowest BCUT2D eigenvalue weighted by molar-refractivity contribution is -0.136. The monoisotopic (exact) mass is 349 g/mol. The zero-order valence-corrected chi connectivity index (χ0v) is 14.0. The number of amides is 2. The van der Waals surface area contributed by atoms with Gasteiger partial charge in [0.1, 0.15) is 5.82 Å². The summed E-state index contributed by atoms with van der Waals surface area (Å²) in [7, 11) is 0. The molecule has 0 saturated carbocycles. The van der Waals surface area contributed by atoms with Gasteiger partial charge in [-0.15, -0.1) is 0 Å². The molecule has 0 aliphatic carbocycles. The Morgan fingerprint density at radius 3 is 2.50 bits per heavy atom. The van der Waals surface area contributed by atoms with E-state index in [4.69, 9.17) is 11.6 Å². The van der Waals surface area contributed by atoms with Crippen LogP contribution in [-0.2, 0) is 9.59 Å². The number of rotatable bonds is 4. The van der Waals surface area contributed by atoms with Crippen molar-refractivity contribution in [3.63, 3.8) is 0 Å². The predicted molar refractivity (Wildman–Crippen MR) is 90.0 cm³/mol. The molecule has 2 N–H and O–H groups in total. The number of hydrogen-bond acceptors (Lipinski definition) is 3. The highest BCUT2D eigenvalue weighted by molar-refractivity contribution is 6.39. The van der Waals surface area contributed by atoms with Crippen LogP contribution >= 0.6 is 11.6 Å². The smallest absolute Gasteiger partial charge is 0.313 e. The summed E-state index contributed by atoms with van der Waals surface area (Å²) >= 11 is 5.65. The molecule has 0 radical (unpaired) electrons. The molecular formula is C17H17ClFN3O2. The molecule has 2 aromatic rings. The molecule has 0 aliphatic heterocycles. The molecule has 126 valence electrons. The van der Waals surface area contributed by atoms with E-state index in [0.29, 0.717) is 5.69 Å². The Hall–Kier alpha value is -2.47. The summed E-state index contributed by atoms with van der Waals surface area (Å²) in [5.74, 6) is -2.52. The Balaban J connectivity index is 2.08. The third-order valence-corrected chi connectivity index (χ3v) is 3.58. The Bertz CT molecular complexity index is 738. The van der Waals surface area contributed by atoms with Crippen molar-refractivity contribution < 1.29 is 14.0 Å². The average molecular weight is 350 g/mol. The number of halogens is 2. The van der Waals surface area contributed by atoms with Gasteiger partial charge in [-0.2, -0.15) is 0 Å². The van der Waals surface area contributed by atoms with Crippen molar-refractivity contribution in [1.82, 2.24) is 10.3 Å². The summed E-state index contributed by atoms with van der Waals surface area (Å²) < 4.78 is 13.7. The SMILES string of the molecule is CC(C)[C@@H](NC(=O)C(=O)Nc1ccc(Cl)cc1F)c1ccccn1. The Kier molecular flexibility index (Phi) is 5.87. The summed E-state index contributed by atoms with van der Waals surface area (Å²) in [5, 5.41) is 5.05. The predicted octanol–water partition coefficient (Wildman–Crippen LogP) is 3.33. The van der Waals surface area contributed by atoms with Gasteiger partial charge >= 0.3 is 11.8 Å². The highest BCUT2D eigenvalue weighted by Crippen LogP contribution is 2.20. The third kappa shape index (κ3) is 4.52. The van der Waals surface area contributed by atoms with Crippen molar-refractivity contribution in [2.45, 2.75) is 19.9 Å². The molecule has 24 heavy (non-hydrogen) atoms. The van der Waals surface area contributed by atoms with Crippen molar-refractivity contribution >= 4 is 29.1 Å². The summed E-state index contributed by atoms with van der Waals surface area (Å²) in [6.07, 6.45) is 1.61. The van der Waals surface area contributed by atoms with Crippen LogP contribution in [0.5, 0.6) is 0 Å². The summed E-state index contributed by atoms with van der Waals surface area (Å²) in [5.41, 5.74) is 0.532. The topological polar surface area (TPSA) is 71.1 Å². The molecule has 0 fully saturated rings. The maximum Gasteiger partial charge on any atom is 0.313 e. The van der Waals surface area contributed by atoms with Crippen LogP contribution in [0.2, 0.25) is 5.02 Å². The van der Waals surface area contributed by atoms with Crippen LogP contribution in [-0.4, -0.2) is 16.8 Å². The van der Waals surface area contributed by atoms with Crippen molar-refractivity contribution in [2.75, 3.05) is 5.32 Å². The first-order valence-corrected chi connectivity index (χ1v) is 7.74. The van der Waals surface area contributed by atoms with E-state index in [1.54, 1.807) is 24.4 Å². The number of anilines is 1. The number of carbonyl (C=O) groups excluding carboxylic acids is 2. The molecule has 1 atom stereocenters. The molecule has 5 nitrogen and oxygen atoms in total. The van der Waals surface area contributed by atoms with Gasteiger partial charge in [0.25, 0.3) is 0 Å². The first-order chi connectivity index (χ1) is 11.4. The molecule has 2 amide bonds. The number of aromatic nitrogens is 1. The van der Waals surface area contributed by atoms with Gasteiger partial charge in [-0.1, -0.05) is 31.5 Å². The molecule has 2 rings (SSSR count). The minimum absolute atomic E-state index is 0.0175. The van der Waals surface area contributed by atoms with Gasteiger partial charge in [0.05, 0.1) is 17.4 Å². The van der Waals surface area contributed by atoms with Crippen LogP contribution in [0, 0.1) is 11.7 Å². The highest BCUT2D eigenvalue weighted by Gasteiger charge is 2.23. The first kappa shape index (κ1) is 17.9. The number of pyridine rings is 1. The molecule has 1 aromatic carbocycles. The average Bonchev–Trinajstić information content (AvgIpc) is 2.55. The van der Waals surface area contributed by atoms with E-state index < -0.39 is 23.7 Å². The maximum atomic E-state index is 13.7. The number of nitrogens with zero attached hydrogens (tertiary/aromatic N) is 1. The summed E-state index contributed by atoms with van der Waals surface area (Å²) in [4.78, 5) is 28.3. The van der Waals surface area contributed by atoms with Crippen molar-refractivity contribution in [2.24, 2.45) is 5.92 Å². The van der Waals surface area contributed by atoms with Gasteiger partial charge in [-0.3, -0.25) is 14.6 Å². The second-order valence-corrected chi connectivity index (χ2v) is 5.96. The second kappa shape index (κ2) is 7.88. The van der Waals surface area contributed by atoms with Crippen LogP contribution in [0.1, 0.15) is 25.6 Å². The lowest BCUT2D eigenvalue weighted by Crippen LogP contribution is -2.40. The zero-order valence-electron chi connectivity index (χ0n) is 13.2. The zero-order chi connectivity index (χ0) is 17.7. The van der Waals surface area contributed by atoms with Crippen molar-refractivity contribution in [3.8, 4) is 0 Å². The van der Waals surface area contributed by atoms with Crippen LogP contribution in [0.3, 0.4) is 0 Å². The lowest BCUT2D eigenvalue weighted by Gasteiger charge is -2.21. The van der Waals surface area contributed by atoms with E-state index in [1.807, 2.05) is 13.8 Å². The number of nitrogens with one attached hydrogen (secondary N) is 2. The van der Waals surface area contributed by atoms with Crippen LogP contribution in [0.4, 0.5) is 10.1 Å². The fourth-order valence-corrected chi connectivity index (χ4v) is 2.28. The van der Waals surface area contributed by atoms with Gasteiger partial charge in [0.15, 0.2) is 0 Å². The third-order valence-electron chi connectivity index (χ3n) is 3.35. The van der Waals surface area contributed by atoms with E-state index in [0.717, 1.165) is 6.07 Å². The Morgan fingerprint density at radius 1 is 1.17 bits per heavy atom. The maximum absolute atomic E-state index is 13.7. The molecule has 7 heteroatoms. The summed E-state index contributed by atoms with van der Waals surface area (Å²) in [6, 6.07) is 8.66. The highest BCUT2D eigenvalue weighted by atomic mass is 35.5. The molecule has 0 bridgehead atoms. The lowest BCUT2D eigenvalue weighted by atomic mass is 10.0. The molecule has 1 aromatic heterocycles. The van der Waals surface area contributed by atoms with Crippen LogP contribution < -0.4 is 10.6 Å². The molecule has 0 saturated heterocycles. The van der Waals surface area contributed by atoms with E-state index in [1.165, 1.54) is 12.1 Å². The molecule has 1 heterocycles. The van der Waals surface area contributed by atoms with Gasteiger partial charge < -0.3 is 10.6 Å². The fraction of sp³-hybridized carbons (Fsp3) is 0.235. The van der Waals surface area contributed by atoms with Gasteiger partial charge in [0.2, 0.25) is 0 Å². The van der Waals surface area contributed by atoms with Crippen molar-refractivity contribution in [3.05, 3.63) is 59.1 Å². The quantitative estimate of drug-likeness (QED) is 0.832. The van der Waals surface area contributed by atoms with Gasteiger partial charge in [-0.05, 0) is 36.2 Å². The number of hydrogen-bond donors (Lipinski definition) is 2. The van der Waals surface area contributed by atoms with Crippen molar-refractivity contribution in [1.29, 1.82) is 0 Å². The summed E-state index contributed by atoms with van der Waals surface area (Å²) in [6.45, 7) is 3.80. The molecule has 0 spiro atoms. The van der Waals surface area contributed by atoms with Gasteiger partial charge in [-0.25, -0.2) is 4.39 Å². The largest absolute Gasteiger partial charge is 0.339 e. The Morgan fingerprint density at radius 2 is 1.92 bits per heavy atom. The first-order valence-electron chi connectivity index (χ1n) is 7.36. The van der Waals surface area contributed by atoms with Crippen LogP contribution in [0.15, 0.2) is 42.6 Å². The molecular weight excluding hydrogens is 333 g/mol. The van der Waals surface area contributed by atoms with E-state index in [-0.39, 0.29) is 16.6 Å². The minimum atomic E-state index is -0.960. The van der Waals surface area contributed by atoms with E-state index >= 15 is 0 Å². The molecule has 0 unspecified atom stereocenters. The number of benzene rings is 1. The minimum Gasteiger partial charge on any atom is -0.339 e. The van der Waals surface area contributed by atoms with E-state index in [2.05, 4.69) is 15.6 Å². The molecule has 0 aliphatic rings. The normalized spacial score (nSPS) is 11.9. The Labute approximate surface area is 144 Å². The second-order valence-electron chi connectivity index (χ2n) is 5.53. The van der Waals surface area contributed by atoms with Gasteiger partial charge in [0, 0.05) is 11.2 Å². The standard InChI is InChI=1S/C17H17ClFN3O2/c1-10(2)15(14-5-3-4-8-20-14)22-17(24)16(23)21-13-7-6-11(18)9-12(13)19/h3-10,15H,1-2H3,(H,21,23)(H,22,24)/t15-/m1/s1. The van der Waals surface area contributed by atoms with Crippen LogP contribution in [0.25, 0.3) is 0 Å². The number of carbonyl (C=O) groups is 2.